The molecule has 0 radical (unpaired) electrons. The maximum absolute atomic E-state index is 9.43. The van der Waals surface area contributed by atoms with Crippen molar-refractivity contribution in [1.82, 2.24) is 0 Å². The largest absolute Gasteiger partial charge is 0.389 e. The molecule has 0 fully saturated rings. The molecule has 0 spiro atoms. The van der Waals surface area contributed by atoms with Crippen LogP contribution in [0, 0.1) is 0 Å². The van der Waals surface area contributed by atoms with Crippen molar-refractivity contribution in [3.05, 3.63) is 64.7 Å². The van der Waals surface area contributed by atoms with E-state index in [1.54, 1.807) is 18.7 Å². The molecular weight excluding hydrogens is 264 g/mol. The van der Waals surface area contributed by atoms with Crippen LogP contribution in [0.4, 0.5) is 0 Å². The van der Waals surface area contributed by atoms with Gasteiger partial charge in [-0.1, -0.05) is 35.9 Å². The summed E-state index contributed by atoms with van der Waals surface area (Å²) in [5.41, 5.74) is 2.16. The monoisotopic (exact) mass is 278 g/mol. The van der Waals surface area contributed by atoms with Gasteiger partial charge in [-0.2, -0.15) is 0 Å². The SMILES string of the molecule is CC(O)c1ccc(SCc2cccc(Cl)c2)cc1. The first-order chi connectivity index (χ1) is 8.65. The standard InChI is InChI=1S/C15H15ClOS/c1-11(17)13-5-7-15(8-6-13)18-10-12-3-2-4-14(16)9-12/h2-9,11,17H,10H2,1H3. The lowest BCUT2D eigenvalue weighted by atomic mass is 10.1. The quantitative estimate of drug-likeness (QED) is 0.819. The Balaban J connectivity index is 1.98. The van der Waals surface area contributed by atoms with Gasteiger partial charge < -0.3 is 5.11 Å². The predicted octanol–water partition coefficient (Wildman–Crippen LogP) is 4.69. The minimum Gasteiger partial charge on any atom is -0.389 e. The van der Waals surface area contributed by atoms with Crippen LogP contribution in [-0.4, -0.2) is 5.11 Å². The number of halogens is 1. The van der Waals surface area contributed by atoms with Crippen LogP contribution in [0.25, 0.3) is 0 Å². The lowest BCUT2D eigenvalue weighted by molar-refractivity contribution is 0.199. The highest BCUT2D eigenvalue weighted by Crippen LogP contribution is 2.25. The van der Waals surface area contributed by atoms with Gasteiger partial charge in [0.2, 0.25) is 0 Å². The molecule has 94 valence electrons. The Morgan fingerprint density at radius 3 is 2.50 bits per heavy atom. The van der Waals surface area contributed by atoms with Gasteiger partial charge in [-0.05, 0) is 42.3 Å². The Kier molecular flexibility index (Phi) is 4.70. The molecule has 1 unspecified atom stereocenters. The smallest absolute Gasteiger partial charge is 0.0761 e. The third kappa shape index (κ3) is 3.77. The fourth-order valence-corrected chi connectivity index (χ4v) is 2.69. The molecule has 0 bridgehead atoms. The molecule has 0 aliphatic carbocycles. The number of aliphatic hydroxyl groups excluding tert-OH is 1. The van der Waals surface area contributed by atoms with Gasteiger partial charge >= 0.3 is 0 Å². The summed E-state index contributed by atoms with van der Waals surface area (Å²) < 4.78 is 0. The molecular formula is C15H15ClOS. The van der Waals surface area contributed by atoms with Gasteiger partial charge in [0.1, 0.15) is 0 Å². The third-order valence-corrected chi connectivity index (χ3v) is 3.98. The number of hydrogen-bond donors (Lipinski definition) is 1. The molecule has 0 heterocycles. The van der Waals surface area contributed by atoms with Gasteiger partial charge in [-0.3, -0.25) is 0 Å². The molecule has 0 aromatic heterocycles. The number of hydrogen-bond acceptors (Lipinski definition) is 2. The normalized spacial score (nSPS) is 12.4. The first-order valence-electron chi connectivity index (χ1n) is 5.80. The summed E-state index contributed by atoms with van der Waals surface area (Å²) in [6, 6.07) is 15.9. The molecule has 2 aromatic rings. The molecule has 1 N–H and O–H groups in total. The summed E-state index contributed by atoms with van der Waals surface area (Å²) in [5, 5.41) is 10.2. The van der Waals surface area contributed by atoms with Crippen molar-refractivity contribution < 1.29 is 5.11 Å². The fraction of sp³-hybridized carbons (Fsp3) is 0.200. The van der Waals surface area contributed by atoms with Gasteiger partial charge in [-0.25, -0.2) is 0 Å². The van der Waals surface area contributed by atoms with Crippen molar-refractivity contribution in [2.45, 2.75) is 23.7 Å². The molecule has 0 aliphatic heterocycles. The summed E-state index contributed by atoms with van der Waals surface area (Å²) in [7, 11) is 0. The summed E-state index contributed by atoms with van der Waals surface area (Å²) in [6.07, 6.45) is -0.406. The second-order valence-corrected chi connectivity index (χ2v) is 5.65. The molecule has 0 aliphatic rings. The lowest BCUT2D eigenvalue weighted by Gasteiger charge is -2.06. The minimum atomic E-state index is -0.406. The highest BCUT2D eigenvalue weighted by Gasteiger charge is 2.01. The van der Waals surface area contributed by atoms with Crippen LogP contribution in [0.3, 0.4) is 0 Å². The first-order valence-corrected chi connectivity index (χ1v) is 7.17. The minimum absolute atomic E-state index is 0.406. The zero-order chi connectivity index (χ0) is 13.0. The van der Waals surface area contributed by atoms with Gasteiger partial charge in [-0.15, -0.1) is 11.8 Å². The predicted molar refractivity (Wildman–Crippen MR) is 78.1 cm³/mol. The maximum atomic E-state index is 9.43. The third-order valence-electron chi connectivity index (χ3n) is 2.66. The highest BCUT2D eigenvalue weighted by atomic mass is 35.5. The Hall–Kier alpha value is -0.960. The Labute approximate surface area is 117 Å². The zero-order valence-electron chi connectivity index (χ0n) is 10.1. The fourth-order valence-electron chi connectivity index (χ4n) is 1.64. The van der Waals surface area contributed by atoms with Gasteiger partial charge in [0.15, 0.2) is 0 Å². The summed E-state index contributed by atoms with van der Waals surface area (Å²) in [6.45, 7) is 1.77. The van der Waals surface area contributed by atoms with E-state index in [1.165, 1.54) is 10.5 Å². The van der Waals surface area contributed by atoms with E-state index in [1.807, 2.05) is 42.5 Å². The van der Waals surface area contributed by atoms with E-state index < -0.39 is 6.10 Å². The average molecular weight is 279 g/mol. The van der Waals surface area contributed by atoms with Crippen LogP contribution in [0.15, 0.2) is 53.4 Å². The van der Waals surface area contributed by atoms with E-state index >= 15 is 0 Å². The molecule has 1 nitrogen and oxygen atoms in total. The van der Waals surface area contributed by atoms with E-state index in [9.17, 15) is 5.11 Å². The van der Waals surface area contributed by atoms with Crippen LogP contribution in [0.2, 0.25) is 5.02 Å². The second-order valence-electron chi connectivity index (χ2n) is 4.16. The molecule has 2 aromatic carbocycles. The summed E-state index contributed by atoms with van der Waals surface area (Å²) in [5.74, 6) is 0.897. The number of benzene rings is 2. The molecule has 3 heteroatoms. The van der Waals surface area contributed by atoms with Crippen molar-refractivity contribution in [3.8, 4) is 0 Å². The maximum Gasteiger partial charge on any atom is 0.0761 e. The van der Waals surface area contributed by atoms with Gasteiger partial charge in [0.05, 0.1) is 6.10 Å². The van der Waals surface area contributed by atoms with E-state index in [4.69, 9.17) is 11.6 Å². The molecule has 0 amide bonds. The lowest BCUT2D eigenvalue weighted by Crippen LogP contribution is -1.89. The van der Waals surface area contributed by atoms with Crippen LogP contribution >= 0.6 is 23.4 Å². The van der Waals surface area contributed by atoms with Crippen LogP contribution in [0.5, 0.6) is 0 Å². The molecule has 18 heavy (non-hydrogen) atoms. The summed E-state index contributed by atoms with van der Waals surface area (Å²) in [4.78, 5) is 1.19. The Morgan fingerprint density at radius 2 is 1.89 bits per heavy atom. The van der Waals surface area contributed by atoms with E-state index in [2.05, 4.69) is 6.07 Å². The van der Waals surface area contributed by atoms with E-state index in [-0.39, 0.29) is 0 Å². The summed E-state index contributed by atoms with van der Waals surface area (Å²) >= 11 is 7.71. The molecule has 0 saturated carbocycles. The average Bonchev–Trinajstić information content (AvgIpc) is 2.37. The molecule has 0 saturated heterocycles. The Bertz CT molecular complexity index is 508. The zero-order valence-corrected chi connectivity index (χ0v) is 11.7. The Morgan fingerprint density at radius 1 is 1.17 bits per heavy atom. The number of rotatable bonds is 4. The van der Waals surface area contributed by atoms with E-state index in [0.29, 0.717) is 0 Å². The van der Waals surface area contributed by atoms with Crippen molar-refractivity contribution in [2.75, 3.05) is 0 Å². The van der Waals surface area contributed by atoms with Crippen molar-refractivity contribution in [3.63, 3.8) is 0 Å². The topological polar surface area (TPSA) is 20.2 Å². The van der Waals surface area contributed by atoms with E-state index in [0.717, 1.165) is 16.3 Å². The molecule has 1 atom stereocenters. The van der Waals surface area contributed by atoms with Gasteiger partial charge in [0.25, 0.3) is 0 Å². The van der Waals surface area contributed by atoms with Crippen LogP contribution in [0.1, 0.15) is 24.2 Å². The number of thioether (sulfide) groups is 1. The van der Waals surface area contributed by atoms with Crippen molar-refractivity contribution in [1.29, 1.82) is 0 Å². The van der Waals surface area contributed by atoms with Crippen molar-refractivity contribution >= 4 is 23.4 Å². The van der Waals surface area contributed by atoms with Gasteiger partial charge in [0, 0.05) is 15.7 Å². The molecule has 2 rings (SSSR count). The van der Waals surface area contributed by atoms with Crippen molar-refractivity contribution in [2.24, 2.45) is 0 Å². The number of aliphatic hydroxyl groups is 1. The second kappa shape index (κ2) is 6.28. The first kappa shape index (κ1) is 13.5. The van der Waals surface area contributed by atoms with Crippen LogP contribution in [-0.2, 0) is 5.75 Å². The van der Waals surface area contributed by atoms with Crippen LogP contribution < -0.4 is 0 Å². The highest BCUT2D eigenvalue weighted by molar-refractivity contribution is 7.98.